The summed E-state index contributed by atoms with van der Waals surface area (Å²) >= 11 is 6.34. The Morgan fingerprint density at radius 1 is 1.29 bits per heavy atom. The van der Waals surface area contributed by atoms with Crippen molar-refractivity contribution in [3.63, 3.8) is 0 Å². The third-order valence-corrected chi connectivity index (χ3v) is 4.78. The number of aryl methyl sites for hydroxylation is 1. The molecule has 2 N–H and O–H groups in total. The Bertz CT molecular complexity index is 633. The molecule has 0 aliphatic heterocycles. The summed E-state index contributed by atoms with van der Waals surface area (Å²) in [5, 5.41) is 5.07. The van der Waals surface area contributed by atoms with Gasteiger partial charge in [-0.3, -0.25) is 4.68 Å². The van der Waals surface area contributed by atoms with Crippen molar-refractivity contribution in [3.8, 4) is 0 Å². The summed E-state index contributed by atoms with van der Waals surface area (Å²) in [6, 6.07) is 8.88. The Balaban J connectivity index is 1.87. The summed E-state index contributed by atoms with van der Waals surface area (Å²) in [4.78, 5) is 0. The summed E-state index contributed by atoms with van der Waals surface area (Å²) < 4.78 is 1.97. The molecule has 1 heterocycles. The van der Waals surface area contributed by atoms with E-state index < -0.39 is 0 Å². The van der Waals surface area contributed by atoms with E-state index in [1.165, 1.54) is 11.1 Å². The zero-order valence-electron chi connectivity index (χ0n) is 12.6. The van der Waals surface area contributed by atoms with E-state index in [9.17, 15) is 0 Å². The summed E-state index contributed by atoms with van der Waals surface area (Å²) in [6.07, 6.45) is 4.95. The highest BCUT2D eigenvalue weighted by Gasteiger charge is 2.29. The second-order valence-electron chi connectivity index (χ2n) is 6.21. The first kappa shape index (κ1) is 14.6. The van der Waals surface area contributed by atoms with Crippen molar-refractivity contribution in [2.24, 2.45) is 11.7 Å². The highest BCUT2D eigenvalue weighted by Crippen LogP contribution is 2.36. The first-order valence-electron chi connectivity index (χ1n) is 7.63. The summed E-state index contributed by atoms with van der Waals surface area (Å²) in [5.41, 5.74) is 10.4. The summed E-state index contributed by atoms with van der Waals surface area (Å²) in [5.74, 6) is 0.423. The van der Waals surface area contributed by atoms with Crippen molar-refractivity contribution in [2.75, 3.05) is 0 Å². The fourth-order valence-corrected chi connectivity index (χ4v) is 3.59. The van der Waals surface area contributed by atoms with Crippen molar-refractivity contribution in [3.05, 3.63) is 52.3 Å². The van der Waals surface area contributed by atoms with Gasteiger partial charge in [-0.15, -0.1) is 0 Å². The first-order valence-corrected chi connectivity index (χ1v) is 8.01. The largest absolute Gasteiger partial charge is 0.322 e. The molecular formula is C17H22ClN3. The third-order valence-electron chi connectivity index (χ3n) is 4.48. The van der Waals surface area contributed by atoms with Gasteiger partial charge in [0.25, 0.3) is 0 Å². The van der Waals surface area contributed by atoms with Gasteiger partial charge in [0.2, 0.25) is 0 Å². The van der Waals surface area contributed by atoms with Gasteiger partial charge in [0.05, 0.1) is 23.0 Å². The van der Waals surface area contributed by atoms with E-state index in [1.807, 2.05) is 4.68 Å². The van der Waals surface area contributed by atoms with Crippen LogP contribution in [0.2, 0.25) is 5.02 Å². The second-order valence-corrected chi connectivity index (χ2v) is 6.62. The van der Waals surface area contributed by atoms with Crippen LogP contribution < -0.4 is 5.73 Å². The van der Waals surface area contributed by atoms with Crippen LogP contribution in [0.1, 0.15) is 49.2 Å². The van der Waals surface area contributed by atoms with Gasteiger partial charge >= 0.3 is 0 Å². The Labute approximate surface area is 131 Å². The third kappa shape index (κ3) is 2.72. The zero-order chi connectivity index (χ0) is 15.0. The van der Waals surface area contributed by atoms with Gasteiger partial charge < -0.3 is 5.73 Å². The number of aromatic nitrogens is 2. The number of halogens is 1. The molecule has 2 atom stereocenters. The lowest BCUT2D eigenvalue weighted by Crippen LogP contribution is -2.29. The monoisotopic (exact) mass is 303 g/mol. The lowest BCUT2D eigenvalue weighted by Gasteiger charge is -2.30. The van der Waals surface area contributed by atoms with Crippen LogP contribution in [0.15, 0.2) is 30.5 Å². The standard InChI is InChI=1S/C17H22ClN3/c1-11(2)21-17(15(18)10-20-21)16(19)14-8-7-12-5-3-4-6-13(12)9-14/h3-6,10-11,14,16H,7-9,19H2,1-2H3. The van der Waals surface area contributed by atoms with Crippen LogP contribution >= 0.6 is 11.6 Å². The molecule has 3 nitrogen and oxygen atoms in total. The molecule has 1 aromatic heterocycles. The van der Waals surface area contributed by atoms with Gasteiger partial charge in [0.15, 0.2) is 0 Å². The Morgan fingerprint density at radius 3 is 2.71 bits per heavy atom. The van der Waals surface area contributed by atoms with Gasteiger partial charge in [-0.1, -0.05) is 35.9 Å². The van der Waals surface area contributed by atoms with Gasteiger partial charge in [0.1, 0.15) is 0 Å². The number of nitrogens with zero attached hydrogens (tertiary/aromatic N) is 2. The molecule has 0 saturated heterocycles. The van der Waals surface area contributed by atoms with Crippen LogP contribution in [0, 0.1) is 5.92 Å². The fraction of sp³-hybridized carbons (Fsp3) is 0.471. The molecule has 2 aromatic rings. The van der Waals surface area contributed by atoms with Gasteiger partial charge in [-0.25, -0.2) is 0 Å². The normalized spacial score (nSPS) is 19.6. The fourth-order valence-electron chi connectivity index (χ4n) is 3.33. The molecule has 0 fully saturated rings. The number of hydrogen-bond donors (Lipinski definition) is 1. The van der Waals surface area contributed by atoms with Gasteiger partial charge in [0, 0.05) is 6.04 Å². The molecule has 0 saturated carbocycles. The lowest BCUT2D eigenvalue weighted by molar-refractivity contribution is 0.355. The van der Waals surface area contributed by atoms with Crippen molar-refractivity contribution < 1.29 is 0 Å². The Morgan fingerprint density at radius 2 is 2.00 bits per heavy atom. The quantitative estimate of drug-likeness (QED) is 0.934. The molecule has 0 amide bonds. The average molecular weight is 304 g/mol. The number of hydrogen-bond acceptors (Lipinski definition) is 2. The topological polar surface area (TPSA) is 43.8 Å². The number of nitrogens with two attached hydrogens (primary N) is 1. The van der Waals surface area contributed by atoms with Gasteiger partial charge in [-0.05, 0) is 50.2 Å². The minimum atomic E-state index is -0.0595. The van der Waals surface area contributed by atoms with E-state index in [0.717, 1.165) is 25.0 Å². The summed E-state index contributed by atoms with van der Waals surface area (Å²) in [7, 11) is 0. The van der Waals surface area contributed by atoms with Crippen LogP contribution in [-0.2, 0) is 12.8 Å². The highest BCUT2D eigenvalue weighted by molar-refractivity contribution is 6.31. The van der Waals surface area contributed by atoms with Crippen LogP contribution in [0.5, 0.6) is 0 Å². The first-order chi connectivity index (χ1) is 10.1. The van der Waals surface area contributed by atoms with Crippen molar-refractivity contribution in [2.45, 2.75) is 45.2 Å². The Kier molecular flexibility index (Phi) is 4.05. The molecule has 3 rings (SSSR count). The average Bonchev–Trinajstić information content (AvgIpc) is 2.88. The maximum atomic E-state index is 6.57. The molecule has 112 valence electrons. The van der Waals surface area contributed by atoms with E-state index in [1.54, 1.807) is 6.20 Å². The van der Waals surface area contributed by atoms with E-state index >= 15 is 0 Å². The molecular weight excluding hydrogens is 282 g/mol. The molecule has 0 spiro atoms. The predicted molar refractivity (Wildman–Crippen MR) is 86.5 cm³/mol. The van der Waals surface area contributed by atoms with E-state index in [-0.39, 0.29) is 12.1 Å². The Hall–Kier alpha value is -1.32. The molecule has 1 aromatic carbocycles. The lowest BCUT2D eigenvalue weighted by atomic mass is 9.79. The minimum absolute atomic E-state index is 0.0595. The van der Waals surface area contributed by atoms with Crippen LogP contribution in [0.4, 0.5) is 0 Å². The van der Waals surface area contributed by atoms with E-state index in [2.05, 4.69) is 43.2 Å². The molecule has 1 aliphatic rings. The highest BCUT2D eigenvalue weighted by atomic mass is 35.5. The summed E-state index contributed by atoms with van der Waals surface area (Å²) in [6.45, 7) is 4.21. The van der Waals surface area contributed by atoms with E-state index in [0.29, 0.717) is 10.9 Å². The van der Waals surface area contributed by atoms with Crippen LogP contribution in [-0.4, -0.2) is 9.78 Å². The maximum Gasteiger partial charge on any atom is 0.0834 e. The van der Waals surface area contributed by atoms with Crippen LogP contribution in [0.3, 0.4) is 0 Å². The van der Waals surface area contributed by atoms with Crippen molar-refractivity contribution in [1.82, 2.24) is 9.78 Å². The van der Waals surface area contributed by atoms with E-state index in [4.69, 9.17) is 17.3 Å². The molecule has 21 heavy (non-hydrogen) atoms. The molecule has 0 radical (unpaired) electrons. The SMILES string of the molecule is CC(C)n1ncc(Cl)c1C(N)C1CCc2ccccc2C1. The minimum Gasteiger partial charge on any atom is -0.322 e. The van der Waals surface area contributed by atoms with Gasteiger partial charge in [-0.2, -0.15) is 5.10 Å². The molecule has 4 heteroatoms. The van der Waals surface area contributed by atoms with Crippen molar-refractivity contribution in [1.29, 1.82) is 0 Å². The smallest absolute Gasteiger partial charge is 0.0834 e. The number of fused-ring (bicyclic) bond motifs is 1. The predicted octanol–water partition coefficient (Wildman–Crippen LogP) is 3.92. The molecule has 0 bridgehead atoms. The maximum absolute atomic E-state index is 6.57. The van der Waals surface area contributed by atoms with Crippen LogP contribution in [0.25, 0.3) is 0 Å². The second kappa shape index (κ2) is 5.82. The zero-order valence-corrected chi connectivity index (χ0v) is 13.3. The molecule has 2 unspecified atom stereocenters. The number of benzene rings is 1. The van der Waals surface area contributed by atoms with Crippen molar-refractivity contribution >= 4 is 11.6 Å². The molecule has 1 aliphatic carbocycles. The number of rotatable bonds is 3.